The van der Waals surface area contributed by atoms with E-state index in [0.29, 0.717) is 5.69 Å². The summed E-state index contributed by atoms with van der Waals surface area (Å²) in [6.45, 7) is 0. The minimum Gasteiger partial charge on any atom is -0.340 e. The number of hydrogen-bond acceptors (Lipinski definition) is 3. The number of carbonyl (C=O) groups excluding carboxylic acids is 1. The molecule has 0 N–H and O–H groups in total. The average Bonchev–Trinajstić information content (AvgIpc) is 2.65. The van der Waals surface area contributed by atoms with Gasteiger partial charge in [0.05, 0.1) is 6.33 Å². The molecule has 3 nitrogen and oxygen atoms in total. The first kappa shape index (κ1) is 9.77. The molecule has 0 spiro atoms. The highest BCUT2D eigenvalue weighted by atomic mass is 32.2. The standard InChI is InChI=1S/C10H14N2OS/c1-12-6-9(11-7-12)10(13)8-2-4-14-5-3-8/h6-8H,2-5H2,1H3. The van der Waals surface area contributed by atoms with Crippen molar-refractivity contribution >= 4 is 17.5 Å². The van der Waals surface area contributed by atoms with Crippen LogP contribution in [0.5, 0.6) is 0 Å². The van der Waals surface area contributed by atoms with Crippen molar-refractivity contribution in [3.8, 4) is 0 Å². The molecule has 1 aromatic heterocycles. The first-order chi connectivity index (χ1) is 6.77. The van der Waals surface area contributed by atoms with Gasteiger partial charge in [-0.1, -0.05) is 0 Å². The van der Waals surface area contributed by atoms with Crippen LogP contribution in [0.2, 0.25) is 0 Å². The van der Waals surface area contributed by atoms with E-state index >= 15 is 0 Å². The van der Waals surface area contributed by atoms with Crippen LogP contribution in [0.4, 0.5) is 0 Å². The Balaban J connectivity index is 2.07. The molecule has 0 unspecified atom stereocenters. The van der Waals surface area contributed by atoms with E-state index in [1.165, 1.54) is 0 Å². The minimum absolute atomic E-state index is 0.214. The minimum atomic E-state index is 0.214. The third-order valence-corrected chi connectivity index (χ3v) is 3.60. The summed E-state index contributed by atoms with van der Waals surface area (Å²) in [5.41, 5.74) is 0.629. The summed E-state index contributed by atoms with van der Waals surface area (Å²) in [6, 6.07) is 0. The first-order valence-corrected chi connectivity index (χ1v) is 6.03. The van der Waals surface area contributed by atoms with Crippen LogP contribution in [0, 0.1) is 5.92 Å². The van der Waals surface area contributed by atoms with Crippen LogP contribution < -0.4 is 0 Å². The molecule has 0 aliphatic carbocycles. The molecule has 76 valence electrons. The van der Waals surface area contributed by atoms with Gasteiger partial charge in [-0.15, -0.1) is 0 Å². The molecule has 1 aliphatic heterocycles. The Labute approximate surface area is 87.9 Å². The highest BCUT2D eigenvalue weighted by molar-refractivity contribution is 7.99. The summed E-state index contributed by atoms with van der Waals surface area (Å²) in [5.74, 6) is 2.67. The predicted molar refractivity (Wildman–Crippen MR) is 57.6 cm³/mol. The van der Waals surface area contributed by atoms with Gasteiger partial charge in [0.25, 0.3) is 0 Å². The van der Waals surface area contributed by atoms with Gasteiger partial charge >= 0.3 is 0 Å². The van der Waals surface area contributed by atoms with Gasteiger partial charge in [-0.05, 0) is 24.3 Å². The van der Waals surface area contributed by atoms with E-state index in [0.717, 1.165) is 24.3 Å². The molecular weight excluding hydrogens is 196 g/mol. The van der Waals surface area contributed by atoms with Gasteiger partial charge in [-0.2, -0.15) is 11.8 Å². The molecule has 0 atom stereocenters. The summed E-state index contributed by atoms with van der Waals surface area (Å²) >= 11 is 1.94. The van der Waals surface area contributed by atoms with Crippen molar-refractivity contribution in [2.24, 2.45) is 13.0 Å². The normalized spacial score (nSPS) is 18.4. The fourth-order valence-corrected chi connectivity index (χ4v) is 2.82. The average molecular weight is 210 g/mol. The number of hydrogen-bond donors (Lipinski definition) is 0. The van der Waals surface area contributed by atoms with E-state index in [1.54, 1.807) is 6.33 Å². The van der Waals surface area contributed by atoms with E-state index in [9.17, 15) is 4.79 Å². The Morgan fingerprint density at radius 3 is 2.86 bits per heavy atom. The van der Waals surface area contributed by atoms with Gasteiger partial charge in [0.15, 0.2) is 5.78 Å². The molecule has 0 bridgehead atoms. The van der Waals surface area contributed by atoms with Gasteiger partial charge in [-0.3, -0.25) is 4.79 Å². The maximum absolute atomic E-state index is 11.9. The lowest BCUT2D eigenvalue weighted by Gasteiger charge is -2.18. The highest BCUT2D eigenvalue weighted by Gasteiger charge is 2.23. The number of aryl methyl sites for hydroxylation is 1. The molecule has 0 saturated carbocycles. The first-order valence-electron chi connectivity index (χ1n) is 4.87. The summed E-state index contributed by atoms with van der Waals surface area (Å²) in [7, 11) is 1.89. The number of Topliss-reactive ketones (excluding diaryl/α,β-unsaturated/α-hetero) is 1. The molecule has 1 aromatic rings. The van der Waals surface area contributed by atoms with E-state index in [4.69, 9.17) is 0 Å². The number of thioether (sulfide) groups is 1. The maximum atomic E-state index is 11.9. The van der Waals surface area contributed by atoms with Crippen molar-refractivity contribution in [1.82, 2.24) is 9.55 Å². The van der Waals surface area contributed by atoms with Crippen molar-refractivity contribution in [2.75, 3.05) is 11.5 Å². The fourth-order valence-electron chi connectivity index (χ4n) is 1.71. The van der Waals surface area contributed by atoms with Crippen LogP contribution >= 0.6 is 11.8 Å². The van der Waals surface area contributed by atoms with E-state index < -0.39 is 0 Å². The zero-order valence-corrected chi connectivity index (χ0v) is 9.09. The van der Waals surface area contributed by atoms with Crippen LogP contribution in [-0.4, -0.2) is 26.8 Å². The van der Waals surface area contributed by atoms with E-state index in [2.05, 4.69) is 4.98 Å². The SMILES string of the molecule is Cn1cnc(C(=O)C2CCSCC2)c1. The fraction of sp³-hybridized carbons (Fsp3) is 0.600. The van der Waals surface area contributed by atoms with Crippen molar-refractivity contribution in [1.29, 1.82) is 0 Å². The van der Waals surface area contributed by atoms with Gasteiger partial charge in [0.2, 0.25) is 0 Å². The largest absolute Gasteiger partial charge is 0.340 e. The second-order valence-corrected chi connectivity index (χ2v) is 4.90. The highest BCUT2D eigenvalue weighted by Crippen LogP contribution is 2.25. The Hall–Kier alpha value is -0.770. The topological polar surface area (TPSA) is 34.9 Å². The Bertz CT molecular complexity index is 329. The monoisotopic (exact) mass is 210 g/mol. The number of imidazole rings is 1. The number of aromatic nitrogens is 2. The summed E-state index contributed by atoms with van der Waals surface area (Å²) in [6.07, 6.45) is 5.52. The Kier molecular flexibility index (Phi) is 2.91. The Morgan fingerprint density at radius 2 is 2.29 bits per heavy atom. The van der Waals surface area contributed by atoms with Crippen LogP contribution in [0.25, 0.3) is 0 Å². The quantitative estimate of drug-likeness (QED) is 0.697. The molecule has 1 aliphatic rings. The third kappa shape index (κ3) is 2.00. The summed E-state index contributed by atoms with van der Waals surface area (Å²) in [4.78, 5) is 16.0. The zero-order valence-electron chi connectivity index (χ0n) is 8.27. The van der Waals surface area contributed by atoms with Crippen molar-refractivity contribution in [2.45, 2.75) is 12.8 Å². The molecule has 0 amide bonds. The molecule has 0 aromatic carbocycles. The molecule has 0 radical (unpaired) electrons. The lowest BCUT2D eigenvalue weighted by Crippen LogP contribution is -2.20. The number of ketones is 1. The van der Waals surface area contributed by atoms with Crippen LogP contribution in [0.1, 0.15) is 23.3 Å². The van der Waals surface area contributed by atoms with Crippen molar-refractivity contribution < 1.29 is 4.79 Å². The molecule has 14 heavy (non-hydrogen) atoms. The Morgan fingerprint density at radius 1 is 1.57 bits per heavy atom. The lowest BCUT2D eigenvalue weighted by atomic mass is 9.96. The molecule has 2 heterocycles. The number of nitrogens with zero attached hydrogens (tertiary/aromatic N) is 2. The smallest absolute Gasteiger partial charge is 0.185 e. The zero-order chi connectivity index (χ0) is 9.97. The molecule has 1 saturated heterocycles. The lowest BCUT2D eigenvalue weighted by molar-refractivity contribution is 0.0908. The number of carbonyl (C=O) groups is 1. The number of rotatable bonds is 2. The van der Waals surface area contributed by atoms with E-state index in [1.807, 2.05) is 29.6 Å². The molecule has 1 fully saturated rings. The van der Waals surface area contributed by atoms with Gasteiger partial charge < -0.3 is 4.57 Å². The van der Waals surface area contributed by atoms with Gasteiger partial charge in [0.1, 0.15) is 5.69 Å². The summed E-state index contributed by atoms with van der Waals surface area (Å²) < 4.78 is 1.82. The predicted octanol–water partition coefficient (Wildman–Crippen LogP) is 1.75. The van der Waals surface area contributed by atoms with Crippen molar-refractivity contribution in [3.63, 3.8) is 0 Å². The van der Waals surface area contributed by atoms with Gasteiger partial charge in [-0.25, -0.2) is 4.98 Å². The third-order valence-electron chi connectivity index (χ3n) is 2.55. The second kappa shape index (κ2) is 4.17. The maximum Gasteiger partial charge on any atom is 0.185 e. The van der Waals surface area contributed by atoms with E-state index in [-0.39, 0.29) is 11.7 Å². The van der Waals surface area contributed by atoms with Crippen LogP contribution in [-0.2, 0) is 7.05 Å². The van der Waals surface area contributed by atoms with Crippen LogP contribution in [0.3, 0.4) is 0 Å². The van der Waals surface area contributed by atoms with Gasteiger partial charge in [0, 0.05) is 19.2 Å². The van der Waals surface area contributed by atoms with Crippen molar-refractivity contribution in [3.05, 3.63) is 18.2 Å². The molecule has 4 heteroatoms. The second-order valence-electron chi connectivity index (χ2n) is 3.68. The summed E-state index contributed by atoms with van der Waals surface area (Å²) in [5, 5.41) is 0. The van der Waals surface area contributed by atoms with Crippen LogP contribution in [0.15, 0.2) is 12.5 Å². The molecule has 2 rings (SSSR count). The molecular formula is C10H14N2OS.